The third kappa shape index (κ3) is 4.35. The number of benzene rings is 4. The van der Waals surface area contributed by atoms with Crippen LogP contribution in [0.25, 0.3) is 11.1 Å². The lowest BCUT2D eigenvalue weighted by Crippen LogP contribution is -2.35. The van der Waals surface area contributed by atoms with Crippen molar-refractivity contribution in [3.8, 4) is 11.1 Å². The summed E-state index contributed by atoms with van der Waals surface area (Å²) >= 11 is 0. The number of aryl methyl sites for hydroxylation is 2. The Bertz CT molecular complexity index is 1340. The minimum Gasteiger partial charge on any atom is -0.322 e. The monoisotopic (exact) mass is 446 g/mol. The van der Waals surface area contributed by atoms with E-state index in [0.29, 0.717) is 23.4 Å². The summed E-state index contributed by atoms with van der Waals surface area (Å²) in [5.41, 5.74) is 7.12. The number of carbonyl (C=O) groups is 2. The molecule has 0 fully saturated rings. The van der Waals surface area contributed by atoms with E-state index < -0.39 is 0 Å². The molecule has 4 heteroatoms. The summed E-state index contributed by atoms with van der Waals surface area (Å²) in [6.07, 6.45) is 1.95. The van der Waals surface area contributed by atoms with Gasteiger partial charge in [-0.3, -0.25) is 9.59 Å². The molecule has 1 heterocycles. The molecule has 1 N–H and O–H groups in total. The van der Waals surface area contributed by atoms with Crippen LogP contribution in [0, 0.1) is 6.92 Å². The average Bonchev–Trinajstić information content (AvgIpc) is 2.89. The van der Waals surface area contributed by atoms with E-state index in [2.05, 4.69) is 11.4 Å². The standard InChI is InChI=1S/C30H26N2O2/c1-21-12-14-22(15-13-21)26-9-3-4-10-27(26)29(33)31-25-18-16-24(17-19-25)30(34)32-20-6-8-23-7-2-5-11-28(23)32/h2-5,7,9-19H,6,8,20H2,1H3,(H,31,33). The maximum Gasteiger partial charge on any atom is 0.258 e. The Morgan fingerprint density at radius 3 is 2.29 bits per heavy atom. The van der Waals surface area contributed by atoms with Gasteiger partial charge in [0.1, 0.15) is 0 Å². The van der Waals surface area contributed by atoms with Crippen LogP contribution < -0.4 is 10.2 Å². The molecule has 0 saturated carbocycles. The van der Waals surface area contributed by atoms with Crippen molar-refractivity contribution in [3.05, 3.63) is 119 Å². The van der Waals surface area contributed by atoms with Gasteiger partial charge in [0.05, 0.1) is 0 Å². The number of nitrogens with zero attached hydrogens (tertiary/aromatic N) is 1. The molecule has 0 aromatic heterocycles. The Morgan fingerprint density at radius 2 is 1.50 bits per heavy atom. The fraction of sp³-hybridized carbons (Fsp3) is 0.133. The van der Waals surface area contributed by atoms with Gasteiger partial charge >= 0.3 is 0 Å². The first kappa shape index (κ1) is 21.7. The van der Waals surface area contributed by atoms with Crippen LogP contribution in [0.2, 0.25) is 0 Å². The van der Waals surface area contributed by atoms with Crippen molar-refractivity contribution >= 4 is 23.2 Å². The molecule has 5 rings (SSSR count). The second-order valence-corrected chi connectivity index (χ2v) is 8.63. The minimum absolute atomic E-state index is 0.0188. The molecule has 4 aromatic rings. The maximum atomic E-state index is 13.2. The maximum absolute atomic E-state index is 13.2. The van der Waals surface area contributed by atoms with Crippen molar-refractivity contribution in [1.29, 1.82) is 0 Å². The van der Waals surface area contributed by atoms with Gasteiger partial charge < -0.3 is 10.2 Å². The summed E-state index contributed by atoms with van der Waals surface area (Å²) in [5, 5.41) is 2.98. The lowest BCUT2D eigenvalue weighted by molar-refractivity contribution is 0.0984. The normalized spacial score (nSPS) is 12.7. The summed E-state index contributed by atoms with van der Waals surface area (Å²) in [7, 11) is 0. The molecule has 0 radical (unpaired) electrons. The van der Waals surface area contributed by atoms with Crippen LogP contribution in [-0.2, 0) is 6.42 Å². The van der Waals surface area contributed by atoms with Crippen LogP contribution >= 0.6 is 0 Å². The smallest absolute Gasteiger partial charge is 0.258 e. The fourth-order valence-electron chi connectivity index (χ4n) is 4.46. The van der Waals surface area contributed by atoms with Gasteiger partial charge in [0.25, 0.3) is 11.8 Å². The largest absolute Gasteiger partial charge is 0.322 e. The number of anilines is 2. The number of hydrogen-bond acceptors (Lipinski definition) is 2. The highest BCUT2D eigenvalue weighted by atomic mass is 16.2. The van der Waals surface area contributed by atoms with Gasteiger partial charge in [-0.2, -0.15) is 0 Å². The van der Waals surface area contributed by atoms with Crippen LogP contribution in [0.15, 0.2) is 97.1 Å². The Labute approximate surface area is 199 Å². The van der Waals surface area contributed by atoms with Gasteiger partial charge in [0.15, 0.2) is 0 Å². The molecule has 2 amide bonds. The number of hydrogen-bond donors (Lipinski definition) is 1. The predicted octanol–water partition coefficient (Wildman–Crippen LogP) is 6.51. The molecule has 0 atom stereocenters. The van der Waals surface area contributed by atoms with Crippen LogP contribution in [0.5, 0.6) is 0 Å². The molecule has 0 aliphatic carbocycles. The highest BCUT2D eigenvalue weighted by Gasteiger charge is 2.23. The highest BCUT2D eigenvalue weighted by molar-refractivity contribution is 6.10. The number of carbonyl (C=O) groups excluding carboxylic acids is 2. The van der Waals surface area contributed by atoms with Crippen molar-refractivity contribution in [1.82, 2.24) is 0 Å². The van der Waals surface area contributed by atoms with Crippen molar-refractivity contribution in [2.75, 3.05) is 16.8 Å². The molecule has 34 heavy (non-hydrogen) atoms. The van der Waals surface area contributed by atoms with E-state index in [4.69, 9.17) is 0 Å². The molecule has 4 nitrogen and oxygen atoms in total. The zero-order valence-corrected chi connectivity index (χ0v) is 19.1. The molecular formula is C30H26N2O2. The van der Waals surface area contributed by atoms with Gasteiger partial charge in [-0.15, -0.1) is 0 Å². The first-order valence-corrected chi connectivity index (χ1v) is 11.6. The summed E-state index contributed by atoms with van der Waals surface area (Å²) in [5.74, 6) is -0.199. The molecule has 0 saturated heterocycles. The van der Waals surface area contributed by atoms with Crippen LogP contribution in [-0.4, -0.2) is 18.4 Å². The first-order valence-electron chi connectivity index (χ1n) is 11.6. The van der Waals surface area contributed by atoms with E-state index in [1.54, 1.807) is 24.3 Å². The van der Waals surface area contributed by atoms with E-state index in [0.717, 1.165) is 29.7 Å². The van der Waals surface area contributed by atoms with Gasteiger partial charge in [-0.05, 0) is 72.9 Å². The minimum atomic E-state index is -0.180. The molecule has 0 bridgehead atoms. The Kier molecular flexibility index (Phi) is 5.96. The third-order valence-electron chi connectivity index (χ3n) is 6.28. The summed E-state index contributed by atoms with van der Waals surface area (Å²) in [6, 6.07) is 30.9. The topological polar surface area (TPSA) is 49.4 Å². The number of para-hydroxylation sites is 1. The lowest BCUT2D eigenvalue weighted by Gasteiger charge is -2.29. The van der Waals surface area contributed by atoms with E-state index in [1.165, 1.54) is 11.1 Å². The number of nitrogens with one attached hydrogen (secondary N) is 1. The van der Waals surface area contributed by atoms with Crippen molar-refractivity contribution in [2.45, 2.75) is 19.8 Å². The van der Waals surface area contributed by atoms with Crippen molar-refractivity contribution < 1.29 is 9.59 Å². The molecule has 168 valence electrons. The Balaban J connectivity index is 1.33. The van der Waals surface area contributed by atoms with Crippen LogP contribution in [0.4, 0.5) is 11.4 Å². The van der Waals surface area contributed by atoms with E-state index in [-0.39, 0.29) is 11.8 Å². The van der Waals surface area contributed by atoms with Gasteiger partial charge in [0, 0.05) is 29.0 Å². The first-order chi connectivity index (χ1) is 16.6. The zero-order chi connectivity index (χ0) is 23.5. The van der Waals surface area contributed by atoms with Crippen LogP contribution in [0.3, 0.4) is 0 Å². The summed E-state index contributed by atoms with van der Waals surface area (Å²) < 4.78 is 0. The van der Waals surface area contributed by atoms with Gasteiger partial charge in [-0.1, -0.05) is 66.2 Å². The highest BCUT2D eigenvalue weighted by Crippen LogP contribution is 2.29. The average molecular weight is 447 g/mol. The molecule has 0 unspecified atom stereocenters. The SMILES string of the molecule is Cc1ccc(-c2ccccc2C(=O)Nc2ccc(C(=O)N3CCCc4ccccc43)cc2)cc1. The Hall–Kier alpha value is -4.18. The van der Waals surface area contributed by atoms with E-state index in [1.807, 2.05) is 78.6 Å². The Morgan fingerprint density at radius 1 is 0.794 bits per heavy atom. The summed E-state index contributed by atoms with van der Waals surface area (Å²) in [4.78, 5) is 28.1. The van der Waals surface area contributed by atoms with Crippen molar-refractivity contribution in [2.24, 2.45) is 0 Å². The zero-order valence-electron chi connectivity index (χ0n) is 19.1. The fourth-order valence-corrected chi connectivity index (χ4v) is 4.46. The third-order valence-corrected chi connectivity index (χ3v) is 6.28. The summed E-state index contributed by atoms with van der Waals surface area (Å²) in [6.45, 7) is 2.75. The van der Waals surface area contributed by atoms with Gasteiger partial charge in [-0.25, -0.2) is 0 Å². The predicted molar refractivity (Wildman–Crippen MR) is 137 cm³/mol. The molecule has 1 aliphatic heterocycles. The number of rotatable bonds is 4. The van der Waals surface area contributed by atoms with E-state index >= 15 is 0 Å². The molecule has 0 spiro atoms. The number of fused-ring (bicyclic) bond motifs is 1. The van der Waals surface area contributed by atoms with E-state index in [9.17, 15) is 9.59 Å². The molecule has 1 aliphatic rings. The lowest BCUT2D eigenvalue weighted by atomic mass is 9.98. The second kappa shape index (κ2) is 9.36. The molecular weight excluding hydrogens is 420 g/mol. The second-order valence-electron chi connectivity index (χ2n) is 8.63. The van der Waals surface area contributed by atoms with Gasteiger partial charge in [0.2, 0.25) is 0 Å². The number of amides is 2. The van der Waals surface area contributed by atoms with Crippen molar-refractivity contribution in [3.63, 3.8) is 0 Å². The quantitative estimate of drug-likeness (QED) is 0.389. The van der Waals surface area contributed by atoms with Crippen LogP contribution in [0.1, 0.15) is 38.3 Å². The molecule has 4 aromatic carbocycles.